The van der Waals surface area contributed by atoms with Crippen LogP contribution in [-0.2, 0) is 15.0 Å². The lowest BCUT2D eigenvalue weighted by atomic mass is 9.75. The Morgan fingerprint density at radius 3 is 2.42 bits per heavy atom. The van der Waals surface area contributed by atoms with Crippen LogP contribution < -0.4 is 0 Å². The summed E-state index contributed by atoms with van der Waals surface area (Å²) in [6.45, 7) is -1.12. The highest BCUT2D eigenvalue weighted by molar-refractivity contribution is 7.80. The van der Waals surface area contributed by atoms with Crippen molar-refractivity contribution >= 4 is 47.4 Å². The Morgan fingerprint density at radius 1 is 1.11 bits per heavy atom. The summed E-state index contributed by atoms with van der Waals surface area (Å²) in [5.41, 5.74) is -2.33. The molecule has 1 aliphatic heterocycles. The van der Waals surface area contributed by atoms with Gasteiger partial charge in [-0.1, -0.05) is 46.1 Å². The number of aliphatic hydroxyl groups is 3. The van der Waals surface area contributed by atoms with Crippen molar-refractivity contribution < 1.29 is 33.6 Å². The van der Waals surface area contributed by atoms with Crippen LogP contribution in [0.3, 0.4) is 0 Å². The van der Waals surface area contributed by atoms with Crippen molar-refractivity contribution in [3.63, 3.8) is 0 Å². The largest absolute Gasteiger partial charge is 0.394 e. The quantitative estimate of drug-likeness (QED) is 0.250. The number of benzene rings is 2. The highest BCUT2D eigenvalue weighted by Gasteiger charge is 2.59. The molecule has 0 radical (unpaired) electrons. The van der Waals surface area contributed by atoms with Gasteiger partial charge in [-0.25, -0.2) is 13.5 Å². The summed E-state index contributed by atoms with van der Waals surface area (Å²) < 4.78 is 41.0. The summed E-state index contributed by atoms with van der Waals surface area (Å²) in [6, 6.07) is 6.52. The van der Waals surface area contributed by atoms with Crippen molar-refractivity contribution in [1.82, 2.24) is 15.0 Å². The molecule has 36 heavy (non-hydrogen) atoms. The third-order valence-corrected chi connectivity index (χ3v) is 7.41. The van der Waals surface area contributed by atoms with E-state index in [-0.39, 0.29) is 34.5 Å². The molecule has 1 fully saturated rings. The lowest BCUT2D eigenvalue weighted by molar-refractivity contribution is -0.221. The molecule has 8 nitrogen and oxygen atoms in total. The second kappa shape index (κ2) is 11.1. The van der Waals surface area contributed by atoms with Gasteiger partial charge in [0.15, 0.2) is 0 Å². The molecule has 0 saturated carbocycles. The van der Waals surface area contributed by atoms with E-state index in [9.17, 15) is 24.1 Å². The minimum Gasteiger partial charge on any atom is -0.394 e. The molecule has 5 atom stereocenters. The van der Waals surface area contributed by atoms with Gasteiger partial charge in [-0.3, -0.25) is 0 Å². The smallest absolute Gasteiger partial charge is 0.147 e. The van der Waals surface area contributed by atoms with Gasteiger partial charge in [-0.15, -0.1) is 17.7 Å². The molecule has 4 rings (SSSR count). The van der Waals surface area contributed by atoms with Crippen molar-refractivity contribution in [2.75, 3.05) is 19.8 Å². The van der Waals surface area contributed by atoms with Crippen molar-refractivity contribution in [2.45, 2.75) is 29.3 Å². The fraction of sp³-hybridized carbons (Fsp3) is 0.364. The molecule has 14 heteroatoms. The van der Waals surface area contributed by atoms with Crippen molar-refractivity contribution in [2.24, 2.45) is 0 Å². The van der Waals surface area contributed by atoms with Crippen LogP contribution in [0.25, 0.3) is 11.3 Å². The van der Waals surface area contributed by atoms with Crippen LogP contribution in [0.1, 0.15) is 5.56 Å². The first-order chi connectivity index (χ1) is 17.1. The molecule has 1 aliphatic rings. The topological polar surface area (TPSA) is 110 Å². The maximum Gasteiger partial charge on any atom is 0.147 e. The predicted octanol–water partition coefficient (Wildman–Crippen LogP) is 3.31. The summed E-state index contributed by atoms with van der Waals surface area (Å²) in [5, 5.41) is 38.8. The number of thiol groups is 1. The fourth-order valence-electron chi connectivity index (χ4n) is 4.28. The van der Waals surface area contributed by atoms with Crippen LogP contribution in [0.5, 0.6) is 0 Å². The van der Waals surface area contributed by atoms with E-state index < -0.39 is 52.6 Å². The van der Waals surface area contributed by atoms with E-state index in [2.05, 4.69) is 22.9 Å². The van der Waals surface area contributed by atoms with E-state index in [0.29, 0.717) is 5.56 Å². The normalized spacial score (nSPS) is 26.4. The highest BCUT2D eigenvalue weighted by atomic mass is 35.5. The van der Waals surface area contributed by atoms with Gasteiger partial charge < -0.3 is 24.8 Å². The summed E-state index contributed by atoms with van der Waals surface area (Å²) in [6.07, 6.45) is -2.48. The number of ether oxygens (including phenoxy) is 2. The lowest BCUT2D eigenvalue weighted by Crippen LogP contribution is -2.68. The Kier molecular flexibility index (Phi) is 8.45. The van der Waals surface area contributed by atoms with Gasteiger partial charge in [0.05, 0.1) is 36.1 Å². The number of nitrogens with zero attached hydrogens (tertiary/aromatic N) is 3. The first-order valence-electron chi connectivity index (χ1n) is 10.5. The third-order valence-electron chi connectivity index (χ3n) is 5.91. The average molecular weight is 583 g/mol. The molecule has 0 spiro atoms. The van der Waals surface area contributed by atoms with E-state index in [1.165, 1.54) is 23.0 Å². The molecule has 0 aliphatic carbocycles. The Morgan fingerprint density at radius 2 is 1.81 bits per heavy atom. The SMILES string of the molecule is OCCO[C@@H]1[C@H](S)O[C@@H](CO)[C@@H](O)[C@@]1(c1ccc(Cl)c(Cl)c1)n1cc(-c2cc(F)c(Cl)c(F)c2)nn1. The van der Waals surface area contributed by atoms with Crippen LogP contribution in [-0.4, -0.2) is 73.9 Å². The molecular weight excluding hydrogens is 563 g/mol. The van der Waals surface area contributed by atoms with Gasteiger partial charge in [0, 0.05) is 5.56 Å². The fourth-order valence-corrected chi connectivity index (χ4v) is 5.16. The van der Waals surface area contributed by atoms with E-state index in [0.717, 1.165) is 12.1 Å². The minimum absolute atomic E-state index is 0.0282. The zero-order valence-electron chi connectivity index (χ0n) is 18.2. The first kappa shape index (κ1) is 27.5. The predicted molar refractivity (Wildman–Crippen MR) is 131 cm³/mol. The van der Waals surface area contributed by atoms with Gasteiger partial charge in [0.1, 0.15) is 51.6 Å². The molecule has 0 amide bonds. The molecule has 1 aromatic heterocycles. The minimum atomic E-state index is -1.70. The molecule has 194 valence electrons. The summed E-state index contributed by atoms with van der Waals surface area (Å²) in [5.74, 6) is -1.99. The molecule has 1 saturated heterocycles. The zero-order chi connectivity index (χ0) is 26.2. The number of aliphatic hydroxyl groups excluding tert-OH is 3. The monoisotopic (exact) mass is 581 g/mol. The van der Waals surface area contributed by atoms with Crippen LogP contribution in [0.2, 0.25) is 15.1 Å². The first-order valence-corrected chi connectivity index (χ1v) is 12.2. The Bertz CT molecular complexity index is 1230. The second-order valence-corrected chi connectivity index (χ2v) is 9.67. The van der Waals surface area contributed by atoms with Crippen molar-refractivity contribution in [1.29, 1.82) is 0 Å². The molecule has 2 aromatic carbocycles. The molecule has 0 bridgehead atoms. The van der Waals surface area contributed by atoms with Gasteiger partial charge >= 0.3 is 0 Å². The number of hydrogen-bond acceptors (Lipinski definition) is 8. The average Bonchev–Trinajstić information content (AvgIpc) is 3.35. The van der Waals surface area contributed by atoms with Crippen LogP contribution in [0.15, 0.2) is 36.5 Å². The maximum atomic E-state index is 14.1. The Labute approximate surface area is 224 Å². The molecule has 3 N–H and O–H groups in total. The van der Waals surface area contributed by atoms with E-state index >= 15 is 0 Å². The van der Waals surface area contributed by atoms with E-state index in [4.69, 9.17) is 44.3 Å². The zero-order valence-corrected chi connectivity index (χ0v) is 21.4. The molecular formula is C22H20Cl3F2N3O5S. The number of halogens is 5. The summed E-state index contributed by atoms with van der Waals surface area (Å²) in [7, 11) is 0. The summed E-state index contributed by atoms with van der Waals surface area (Å²) in [4.78, 5) is 0. The summed E-state index contributed by atoms with van der Waals surface area (Å²) >= 11 is 22.5. The van der Waals surface area contributed by atoms with Gasteiger partial charge in [0.25, 0.3) is 0 Å². The van der Waals surface area contributed by atoms with Gasteiger partial charge in [0.2, 0.25) is 0 Å². The molecule has 0 unspecified atom stereocenters. The second-order valence-electron chi connectivity index (χ2n) is 7.96. The third kappa shape index (κ3) is 4.72. The van der Waals surface area contributed by atoms with Gasteiger partial charge in [-0.05, 0) is 29.8 Å². The number of rotatable bonds is 7. The van der Waals surface area contributed by atoms with Crippen LogP contribution >= 0.6 is 47.4 Å². The molecule has 3 aromatic rings. The Hall–Kier alpha value is -1.54. The maximum absolute atomic E-state index is 14.1. The standard InChI is InChI=1S/C22H20Cl3F2N3O5S/c23-12-2-1-11(7-13(12)24)22(19(33)17(9-32)35-21(36)20(22)34-4-3-31)30-8-16(28-29-30)10-5-14(26)18(25)15(27)6-10/h1-2,5-8,17,19-21,31-33,36H,3-4,9H2/t17-,19+,20+,21-,22+/m0/s1. The number of hydrogen-bond donors (Lipinski definition) is 4. The Balaban J connectivity index is 1.97. The van der Waals surface area contributed by atoms with Gasteiger partial charge in [-0.2, -0.15) is 0 Å². The number of aromatic nitrogens is 3. The van der Waals surface area contributed by atoms with Crippen LogP contribution in [0, 0.1) is 11.6 Å². The molecule has 2 heterocycles. The highest BCUT2D eigenvalue weighted by Crippen LogP contribution is 2.45. The van der Waals surface area contributed by atoms with E-state index in [1.807, 2.05) is 0 Å². The lowest BCUT2D eigenvalue weighted by Gasteiger charge is -2.51. The van der Waals surface area contributed by atoms with Crippen LogP contribution in [0.4, 0.5) is 8.78 Å². The van der Waals surface area contributed by atoms with Crippen molar-refractivity contribution in [3.8, 4) is 11.3 Å². The van der Waals surface area contributed by atoms with E-state index in [1.54, 1.807) is 6.07 Å². The van der Waals surface area contributed by atoms with Crippen molar-refractivity contribution in [3.05, 3.63) is 68.8 Å².